The molecule has 8 heteroatoms. The molecule has 1 atom stereocenters. The Morgan fingerprint density at radius 1 is 1.00 bits per heavy atom. The molecule has 0 saturated carbocycles. The molecule has 8 nitrogen and oxygen atoms in total. The molecule has 2 heterocycles. The van der Waals surface area contributed by atoms with Crippen molar-refractivity contribution in [1.82, 2.24) is 25.5 Å². The van der Waals surface area contributed by atoms with Crippen LogP contribution in [0, 0.1) is 0 Å². The minimum atomic E-state index is -0.625. The molecule has 3 aromatic rings. The summed E-state index contributed by atoms with van der Waals surface area (Å²) in [6, 6.07) is 16.9. The molecule has 0 bridgehead atoms. The van der Waals surface area contributed by atoms with Gasteiger partial charge in [-0.25, -0.2) is 5.10 Å². The summed E-state index contributed by atoms with van der Waals surface area (Å²) in [5, 5.41) is 14.0. The number of H-pyrrole nitrogens is 1. The van der Waals surface area contributed by atoms with E-state index in [0.29, 0.717) is 36.4 Å². The number of aromatic amines is 1. The molecule has 1 aliphatic heterocycles. The van der Waals surface area contributed by atoms with E-state index in [4.69, 9.17) is 4.74 Å². The molecule has 2 aromatic carbocycles. The van der Waals surface area contributed by atoms with Gasteiger partial charge in [0.1, 0.15) is 18.4 Å². The Kier molecular flexibility index (Phi) is 5.33. The van der Waals surface area contributed by atoms with Crippen LogP contribution in [0.25, 0.3) is 0 Å². The van der Waals surface area contributed by atoms with Crippen molar-refractivity contribution < 1.29 is 14.3 Å². The first-order valence-corrected chi connectivity index (χ1v) is 10.5. The van der Waals surface area contributed by atoms with E-state index < -0.39 is 6.04 Å². The minimum Gasteiger partial charge on any atom is -0.489 e. The van der Waals surface area contributed by atoms with Gasteiger partial charge in [0.2, 0.25) is 0 Å². The van der Waals surface area contributed by atoms with E-state index in [1.165, 1.54) is 4.90 Å². The number of nitrogens with one attached hydrogen (secondary N) is 1. The summed E-state index contributed by atoms with van der Waals surface area (Å²) in [5.74, 6) is 0.551. The Bertz CT molecular complexity index is 1180. The summed E-state index contributed by atoms with van der Waals surface area (Å²) >= 11 is 0. The van der Waals surface area contributed by atoms with E-state index in [1.54, 1.807) is 6.08 Å². The maximum absolute atomic E-state index is 13.1. The number of imide groups is 1. The number of hydrogen-bond acceptors (Lipinski definition) is 6. The van der Waals surface area contributed by atoms with Crippen molar-refractivity contribution in [2.24, 2.45) is 0 Å². The molecule has 0 radical (unpaired) electrons. The van der Waals surface area contributed by atoms with Crippen molar-refractivity contribution in [2.45, 2.75) is 31.9 Å². The molecule has 0 fully saturated rings. The highest BCUT2D eigenvalue weighted by Gasteiger charge is 2.43. The largest absolute Gasteiger partial charge is 0.489 e. The average molecular weight is 427 g/mol. The van der Waals surface area contributed by atoms with Gasteiger partial charge in [-0.3, -0.25) is 14.5 Å². The summed E-state index contributed by atoms with van der Waals surface area (Å²) < 4.78 is 5.85. The lowest BCUT2D eigenvalue weighted by Gasteiger charge is -2.24. The van der Waals surface area contributed by atoms with Crippen LogP contribution in [-0.2, 0) is 22.6 Å². The number of benzene rings is 2. The SMILES string of the molecule is O=C1C2=C(CCC=C2)C(=O)N1[C@@H](Cc1ccc(OCc2ccccc2)cc1)c1nnn[nH]1. The van der Waals surface area contributed by atoms with E-state index in [-0.39, 0.29) is 11.8 Å². The first-order chi connectivity index (χ1) is 15.7. The zero-order valence-electron chi connectivity index (χ0n) is 17.3. The second-order valence-corrected chi connectivity index (χ2v) is 7.74. The summed E-state index contributed by atoms with van der Waals surface area (Å²) in [5.41, 5.74) is 3.06. The predicted octanol–water partition coefficient (Wildman–Crippen LogP) is 3.08. The zero-order valence-corrected chi connectivity index (χ0v) is 17.3. The van der Waals surface area contributed by atoms with Crippen LogP contribution in [0.5, 0.6) is 5.75 Å². The first-order valence-electron chi connectivity index (χ1n) is 10.5. The number of tetrazole rings is 1. The van der Waals surface area contributed by atoms with Crippen molar-refractivity contribution in [3.05, 3.63) is 94.8 Å². The van der Waals surface area contributed by atoms with Gasteiger partial charge >= 0.3 is 0 Å². The lowest BCUT2D eigenvalue weighted by Crippen LogP contribution is -2.37. The molecule has 2 aliphatic rings. The Balaban J connectivity index is 1.34. The molecule has 160 valence electrons. The van der Waals surface area contributed by atoms with Crippen LogP contribution in [0.2, 0.25) is 0 Å². The second kappa shape index (κ2) is 8.58. The number of allylic oxidation sites excluding steroid dienone is 1. The molecule has 0 unspecified atom stereocenters. The number of amides is 2. The molecule has 1 aliphatic carbocycles. The van der Waals surface area contributed by atoms with Gasteiger partial charge in [0, 0.05) is 17.6 Å². The fourth-order valence-electron chi connectivity index (χ4n) is 4.04. The normalized spacial score (nSPS) is 16.4. The van der Waals surface area contributed by atoms with Gasteiger partial charge < -0.3 is 4.74 Å². The van der Waals surface area contributed by atoms with Crippen LogP contribution in [0.15, 0.2) is 77.9 Å². The van der Waals surface area contributed by atoms with Crippen molar-refractivity contribution in [2.75, 3.05) is 0 Å². The monoisotopic (exact) mass is 427 g/mol. The van der Waals surface area contributed by atoms with Gasteiger partial charge in [0.15, 0.2) is 5.82 Å². The van der Waals surface area contributed by atoms with Gasteiger partial charge in [0.05, 0.1) is 0 Å². The molecular weight excluding hydrogens is 406 g/mol. The standard InChI is InChI=1S/C24H21N5O3/c30-23-19-8-4-5-9-20(19)24(31)29(23)21(22-25-27-28-26-22)14-16-10-12-18(13-11-16)32-15-17-6-2-1-3-7-17/h1-4,6-8,10-13,21H,5,9,14-15H2,(H,25,26,27,28)/t21-/m0/s1. The maximum Gasteiger partial charge on any atom is 0.261 e. The van der Waals surface area contributed by atoms with Crippen LogP contribution < -0.4 is 4.74 Å². The van der Waals surface area contributed by atoms with Gasteiger partial charge in [0.25, 0.3) is 11.8 Å². The minimum absolute atomic E-state index is 0.265. The average Bonchev–Trinajstić information content (AvgIpc) is 3.46. The van der Waals surface area contributed by atoms with Gasteiger partial charge in [-0.05, 0) is 46.5 Å². The number of ether oxygens (including phenoxy) is 1. The van der Waals surface area contributed by atoms with Crippen molar-refractivity contribution in [1.29, 1.82) is 0 Å². The molecule has 0 saturated heterocycles. The van der Waals surface area contributed by atoms with E-state index in [0.717, 1.165) is 23.3 Å². The topological polar surface area (TPSA) is 101 Å². The fourth-order valence-corrected chi connectivity index (χ4v) is 4.04. The summed E-state index contributed by atoms with van der Waals surface area (Å²) in [6.07, 6.45) is 5.38. The van der Waals surface area contributed by atoms with Gasteiger partial charge in [-0.1, -0.05) is 54.6 Å². The second-order valence-electron chi connectivity index (χ2n) is 7.74. The molecular formula is C24H21N5O3. The smallest absolute Gasteiger partial charge is 0.261 e. The lowest BCUT2D eigenvalue weighted by molar-refractivity contribution is -0.140. The third-order valence-corrected chi connectivity index (χ3v) is 5.69. The summed E-state index contributed by atoms with van der Waals surface area (Å²) in [6.45, 7) is 0.480. The lowest BCUT2D eigenvalue weighted by atomic mass is 10.00. The van der Waals surface area contributed by atoms with Crippen LogP contribution in [0.1, 0.15) is 35.8 Å². The summed E-state index contributed by atoms with van der Waals surface area (Å²) in [7, 11) is 0. The number of aromatic nitrogens is 4. The Morgan fingerprint density at radius 2 is 1.81 bits per heavy atom. The van der Waals surface area contributed by atoms with Crippen molar-refractivity contribution >= 4 is 11.8 Å². The van der Waals surface area contributed by atoms with Gasteiger partial charge in [-0.15, -0.1) is 5.10 Å². The van der Waals surface area contributed by atoms with E-state index in [9.17, 15) is 9.59 Å². The summed E-state index contributed by atoms with van der Waals surface area (Å²) in [4.78, 5) is 27.4. The maximum atomic E-state index is 13.1. The van der Waals surface area contributed by atoms with Crippen molar-refractivity contribution in [3.8, 4) is 5.75 Å². The third-order valence-electron chi connectivity index (χ3n) is 5.69. The number of nitrogens with zero attached hydrogens (tertiary/aromatic N) is 4. The molecule has 0 spiro atoms. The predicted molar refractivity (Wildman–Crippen MR) is 115 cm³/mol. The first kappa shape index (κ1) is 19.9. The Morgan fingerprint density at radius 3 is 2.53 bits per heavy atom. The molecule has 1 aromatic heterocycles. The van der Waals surface area contributed by atoms with E-state index >= 15 is 0 Å². The highest BCUT2D eigenvalue weighted by atomic mass is 16.5. The van der Waals surface area contributed by atoms with Crippen molar-refractivity contribution in [3.63, 3.8) is 0 Å². The highest BCUT2D eigenvalue weighted by molar-refractivity contribution is 6.21. The number of carbonyl (C=O) groups is 2. The molecule has 32 heavy (non-hydrogen) atoms. The molecule has 5 rings (SSSR count). The molecule has 1 N–H and O–H groups in total. The number of carbonyl (C=O) groups excluding carboxylic acids is 2. The Labute approximate surface area is 184 Å². The quantitative estimate of drug-likeness (QED) is 0.582. The zero-order chi connectivity index (χ0) is 21.9. The number of rotatable bonds is 7. The Hall–Kier alpha value is -4.07. The highest BCUT2D eigenvalue weighted by Crippen LogP contribution is 2.35. The van der Waals surface area contributed by atoms with Crippen LogP contribution in [-0.4, -0.2) is 37.3 Å². The van der Waals surface area contributed by atoms with Crippen LogP contribution in [0.4, 0.5) is 0 Å². The van der Waals surface area contributed by atoms with Crippen LogP contribution in [0.3, 0.4) is 0 Å². The number of hydrogen-bond donors (Lipinski definition) is 1. The molecule has 2 amide bonds. The van der Waals surface area contributed by atoms with Gasteiger partial charge in [-0.2, -0.15) is 0 Å². The van der Waals surface area contributed by atoms with E-state index in [2.05, 4.69) is 20.6 Å². The fraction of sp³-hybridized carbons (Fsp3) is 0.208. The third kappa shape index (κ3) is 3.82. The van der Waals surface area contributed by atoms with E-state index in [1.807, 2.05) is 60.7 Å². The van der Waals surface area contributed by atoms with Crippen LogP contribution >= 0.6 is 0 Å².